The van der Waals surface area contributed by atoms with E-state index in [9.17, 15) is 4.79 Å². The van der Waals surface area contributed by atoms with E-state index >= 15 is 0 Å². The summed E-state index contributed by atoms with van der Waals surface area (Å²) >= 11 is 0. The van der Waals surface area contributed by atoms with Gasteiger partial charge < -0.3 is 15.8 Å². The number of benzene rings is 1. The molecule has 21 heavy (non-hydrogen) atoms. The first kappa shape index (κ1) is 13.6. The zero-order valence-corrected chi connectivity index (χ0v) is 11.8. The van der Waals surface area contributed by atoms with Crippen LogP contribution in [0.2, 0.25) is 0 Å². The molecule has 0 fully saturated rings. The smallest absolute Gasteiger partial charge is 0.224 e. The minimum Gasteiger partial charge on any atom is -0.456 e. The Morgan fingerprint density at radius 3 is 2.76 bits per heavy atom. The summed E-state index contributed by atoms with van der Waals surface area (Å²) in [4.78, 5) is 15.6. The van der Waals surface area contributed by atoms with Crippen molar-refractivity contribution in [2.75, 3.05) is 5.32 Å². The molecule has 3 rings (SSSR count). The van der Waals surface area contributed by atoms with Crippen LogP contribution in [0.25, 0.3) is 0 Å². The van der Waals surface area contributed by atoms with E-state index in [2.05, 4.69) is 10.3 Å². The lowest BCUT2D eigenvalue weighted by atomic mass is 10.0. The summed E-state index contributed by atoms with van der Waals surface area (Å²) in [5.41, 5.74) is 8.55. The average Bonchev–Trinajstić information content (AvgIpc) is 2.48. The standard InChI is InChI=1S/C16H17N3O2/c1-10(17)14-5-4-13(9-18-14)21-12-3-6-15-11(8-12)2-7-16(20)19-15/h3-6,8-10H,2,7,17H2,1H3,(H,19,20). The predicted octanol–water partition coefficient (Wildman–Crippen LogP) is 2.78. The summed E-state index contributed by atoms with van der Waals surface area (Å²) < 4.78 is 5.79. The molecule has 0 aliphatic carbocycles. The molecular formula is C16H17N3O2. The fraction of sp³-hybridized carbons (Fsp3) is 0.250. The summed E-state index contributed by atoms with van der Waals surface area (Å²) in [6, 6.07) is 9.28. The number of aryl methyl sites for hydroxylation is 1. The second kappa shape index (κ2) is 5.54. The lowest BCUT2D eigenvalue weighted by molar-refractivity contribution is -0.116. The molecule has 1 aliphatic rings. The highest BCUT2D eigenvalue weighted by Gasteiger charge is 2.15. The van der Waals surface area contributed by atoms with Crippen LogP contribution in [0.1, 0.15) is 30.6 Å². The highest BCUT2D eigenvalue weighted by Crippen LogP contribution is 2.29. The first-order valence-electron chi connectivity index (χ1n) is 6.94. The highest BCUT2D eigenvalue weighted by molar-refractivity contribution is 5.94. The quantitative estimate of drug-likeness (QED) is 0.908. The first-order valence-corrected chi connectivity index (χ1v) is 6.94. The molecule has 1 aromatic heterocycles. The second-order valence-corrected chi connectivity index (χ2v) is 5.18. The third-order valence-corrected chi connectivity index (χ3v) is 3.43. The molecule has 2 aromatic rings. The third-order valence-electron chi connectivity index (χ3n) is 3.43. The van der Waals surface area contributed by atoms with Crippen molar-refractivity contribution < 1.29 is 9.53 Å². The van der Waals surface area contributed by atoms with Gasteiger partial charge >= 0.3 is 0 Å². The van der Waals surface area contributed by atoms with Gasteiger partial charge in [-0.1, -0.05) is 0 Å². The van der Waals surface area contributed by atoms with E-state index < -0.39 is 0 Å². The van der Waals surface area contributed by atoms with Crippen LogP contribution in [0, 0.1) is 0 Å². The molecule has 1 aromatic carbocycles. The zero-order valence-electron chi connectivity index (χ0n) is 11.8. The monoisotopic (exact) mass is 283 g/mol. The maximum absolute atomic E-state index is 11.3. The van der Waals surface area contributed by atoms with Crippen molar-refractivity contribution in [3.63, 3.8) is 0 Å². The Bertz CT molecular complexity index is 666. The largest absolute Gasteiger partial charge is 0.456 e. The van der Waals surface area contributed by atoms with Crippen LogP contribution in [-0.4, -0.2) is 10.9 Å². The van der Waals surface area contributed by atoms with Gasteiger partial charge in [0, 0.05) is 18.2 Å². The summed E-state index contributed by atoms with van der Waals surface area (Å²) in [5.74, 6) is 1.46. The number of carbonyl (C=O) groups excluding carboxylic acids is 1. The van der Waals surface area contributed by atoms with E-state index in [1.165, 1.54) is 0 Å². The Hall–Kier alpha value is -2.40. The molecule has 3 N–H and O–H groups in total. The number of hydrogen-bond acceptors (Lipinski definition) is 4. The Kier molecular flexibility index (Phi) is 3.58. The topological polar surface area (TPSA) is 77.2 Å². The van der Waals surface area contributed by atoms with Crippen molar-refractivity contribution in [2.45, 2.75) is 25.8 Å². The van der Waals surface area contributed by atoms with Crippen molar-refractivity contribution in [3.8, 4) is 11.5 Å². The van der Waals surface area contributed by atoms with Crippen LogP contribution in [0.4, 0.5) is 5.69 Å². The normalized spacial score (nSPS) is 15.0. The van der Waals surface area contributed by atoms with Gasteiger partial charge in [-0.25, -0.2) is 0 Å². The molecule has 1 aliphatic heterocycles. The van der Waals surface area contributed by atoms with Crippen LogP contribution in [-0.2, 0) is 11.2 Å². The van der Waals surface area contributed by atoms with E-state index in [-0.39, 0.29) is 11.9 Å². The molecule has 0 spiro atoms. The molecule has 5 nitrogen and oxygen atoms in total. The van der Waals surface area contributed by atoms with E-state index in [0.717, 1.165) is 29.1 Å². The van der Waals surface area contributed by atoms with E-state index in [1.54, 1.807) is 6.20 Å². The van der Waals surface area contributed by atoms with E-state index in [4.69, 9.17) is 10.5 Å². The van der Waals surface area contributed by atoms with Crippen molar-refractivity contribution in [2.24, 2.45) is 5.73 Å². The van der Waals surface area contributed by atoms with Crippen LogP contribution >= 0.6 is 0 Å². The van der Waals surface area contributed by atoms with E-state index in [1.807, 2.05) is 37.3 Å². The van der Waals surface area contributed by atoms with Crippen molar-refractivity contribution in [3.05, 3.63) is 47.8 Å². The summed E-state index contributed by atoms with van der Waals surface area (Å²) in [5, 5.41) is 2.85. The number of nitrogens with zero attached hydrogens (tertiary/aromatic N) is 1. The number of nitrogens with one attached hydrogen (secondary N) is 1. The van der Waals surface area contributed by atoms with Gasteiger partial charge in [0.25, 0.3) is 0 Å². The average molecular weight is 283 g/mol. The molecule has 0 bridgehead atoms. The van der Waals surface area contributed by atoms with Crippen LogP contribution in [0.5, 0.6) is 11.5 Å². The number of aromatic nitrogens is 1. The summed E-state index contributed by atoms with van der Waals surface area (Å²) in [6.07, 6.45) is 2.92. The molecule has 5 heteroatoms. The Labute approximate surface area is 123 Å². The van der Waals surface area contributed by atoms with Gasteiger partial charge in [-0.05, 0) is 49.2 Å². The number of rotatable bonds is 3. The molecule has 0 saturated carbocycles. The highest BCUT2D eigenvalue weighted by atomic mass is 16.5. The van der Waals surface area contributed by atoms with Gasteiger partial charge in [-0.15, -0.1) is 0 Å². The minimum atomic E-state index is -0.0913. The molecule has 108 valence electrons. The predicted molar refractivity (Wildman–Crippen MR) is 80.3 cm³/mol. The molecule has 1 atom stereocenters. The van der Waals surface area contributed by atoms with E-state index in [0.29, 0.717) is 12.2 Å². The number of fused-ring (bicyclic) bond motifs is 1. The van der Waals surface area contributed by atoms with Gasteiger partial charge in [0.1, 0.15) is 11.5 Å². The minimum absolute atomic E-state index is 0.0619. The van der Waals surface area contributed by atoms with Crippen LogP contribution in [0.15, 0.2) is 36.5 Å². The molecule has 0 radical (unpaired) electrons. The van der Waals surface area contributed by atoms with Crippen LogP contribution in [0.3, 0.4) is 0 Å². The number of hydrogen-bond donors (Lipinski definition) is 2. The van der Waals surface area contributed by atoms with Crippen LogP contribution < -0.4 is 15.8 Å². The SMILES string of the molecule is CC(N)c1ccc(Oc2ccc3c(c2)CCC(=O)N3)cn1. The first-order chi connectivity index (χ1) is 10.1. The summed E-state index contributed by atoms with van der Waals surface area (Å²) in [7, 11) is 0. The van der Waals surface area contributed by atoms with Gasteiger partial charge in [-0.2, -0.15) is 0 Å². The van der Waals surface area contributed by atoms with Crippen molar-refractivity contribution in [1.29, 1.82) is 0 Å². The van der Waals surface area contributed by atoms with Crippen molar-refractivity contribution >= 4 is 11.6 Å². The number of carbonyl (C=O) groups is 1. The molecular weight excluding hydrogens is 266 g/mol. The third kappa shape index (κ3) is 3.03. The Balaban J connectivity index is 1.77. The van der Waals surface area contributed by atoms with Gasteiger partial charge in [0.2, 0.25) is 5.91 Å². The number of amides is 1. The fourth-order valence-electron chi connectivity index (χ4n) is 2.28. The van der Waals surface area contributed by atoms with Gasteiger partial charge in [-0.3, -0.25) is 9.78 Å². The maximum Gasteiger partial charge on any atom is 0.224 e. The van der Waals surface area contributed by atoms with Crippen molar-refractivity contribution in [1.82, 2.24) is 4.98 Å². The molecule has 2 heterocycles. The maximum atomic E-state index is 11.3. The lowest BCUT2D eigenvalue weighted by Crippen LogP contribution is -2.18. The lowest BCUT2D eigenvalue weighted by Gasteiger charge is -2.17. The molecule has 1 unspecified atom stereocenters. The Morgan fingerprint density at radius 2 is 2.05 bits per heavy atom. The summed E-state index contributed by atoms with van der Waals surface area (Å²) in [6.45, 7) is 1.89. The van der Waals surface area contributed by atoms with Gasteiger partial charge in [0.05, 0.1) is 11.9 Å². The molecule has 1 amide bonds. The number of anilines is 1. The number of nitrogens with two attached hydrogens (primary N) is 1. The zero-order chi connectivity index (χ0) is 14.8. The van der Waals surface area contributed by atoms with Gasteiger partial charge in [0.15, 0.2) is 0 Å². The second-order valence-electron chi connectivity index (χ2n) is 5.18. The number of ether oxygens (including phenoxy) is 1. The Morgan fingerprint density at radius 1 is 1.24 bits per heavy atom. The molecule has 0 saturated heterocycles. The number of pyridine rings is 1. The fourth-order valence-corrected chi connectivity index (χ4v) is 2.28.